The smallest absolute Gasteiger partial charge is 0.277 e. The van der Waals surface area contributed by atoms with E-state index in [0.717, 1.165) is 5.56 Å². The van der Waals surface area contributed by atoms with E-state index < -0.39 is 11.8 Å². The monoisotopic (exact) mass is 384 g/mol. The van der Waals surface area contributed by atoms with Gasteiger partial charge < -0.3 is 4.74 Å². The fraction of sp³-hybridized carbons (Fsp3) is 0.200. The van der Waals surface area contributed by atoms with E-state index >= 15 is 0 Å². The first-order valence-electron chi connectivity index (χ1n) is 8.28. The van der Waals surface area contributed by atoms with Crippen LogP contribution in [0.5, 0.6) is 5.75 Å². The van der Waals surface area contributed by atoms with Crippen LogP contribution in [-0.4, -0.2) is 29.8 Å². The molecule has 1 amide bonds. The number of ether oxygens (including phenoxy) is 1. The number of hydrogen-bond donors (Lipinski definition) is 1. The molecule has 0 heterocycles. The standard InChI is InChI=1S/C20H17ClN2O4/c1-11-9-13(21)7-8-16(11)27-10-17(24)23-22-12(2)18-19(25)14-5-3-4-6-15(14)20(18)26/h3-9,18H,10H2,1-2H3,(H,23,24)/b22-12+. The molecule has 0 saturated carbocycles. The Morgan fingerprint density at radius 2 is 1.78 bits per heavy atom. The summed E-state index contributed by atoms with van der Waals surface area (Å²) < 4.78 is 5.43. The molecule has 0 aromatic heterocycles. The minimum absolute atomic E-state index is 0.234. The molecule has 0 radical (unpaired) electrons. The fourth-order valence-corrected chi connectivity index (χ4v) is 3.11. The lowest BCUT2D eigenvalue weighted by Gasteiger charge is -2.09. The van der Waals surface area contributed by atoms with Crippen LogP contribution >= 0.6 is 11.6 Å². The van der Waals surface area contributed by atoms with Crippen molar-refractivity contribution in [2.75, 3.05) is 6.61 Å². The van der Waals surface area contributed by atoms with Crippen LogP contribution < -0.4 is 10.2 Å². The molecule has 1 N–H and O–H groups in total. The van der Waals surface area contributed by atoms with E-state index in [9.17, 15) is 14.4 Å². The Balaban J connectivity index is 1.61. The number of carbonyl (C=O) groups is 3. The number of hydrazone groups is 1. The molecule has 0 atom stereocenters. The molecule has 0 aliphatic heterocycles. The van der Waals surface area contributed by atoms with Crippen molar-refractivity contribution in [1.29, 1.82) is 0 Å². The van der Waals surface area contributed by atoms with Gasteiger partial charge in [0.25, 0.3) is 5.91 Å². The summed E-state index contributed by atoms with van der Waals surface area (Å²) in [6.07, 6.45) is 0. The first kappa shape index (κ1) is 18.8. The number of fused-ring (bicyclic) bond motifs is 1. The van der Waals surface area contributed by atoms with Crippen molar-refractivity contribution in [1.82, 2.24) is 5.43 Å². The highest BCUT2D eigenvalue weighted by Crippen LogP contribution is 2.27. The third kappa shape index (κ3) is 3.90. The lowest BCUT2D eigenvalue weighted by molar-refractivity contribution is -0.123. The van der Waals surface area contributed by atoms with Gasteiger partial charge in [0, 0.05) is 16.1 Å². The number of ketones is 2. The number of amides is 1. The maximum Gasteiger partial charge on any atom is 0.277 e. The molecule has 6 nitrogen and oxygen atoms in total. The Morgan fingerprint density at radius 1 is 1.15 bits per heavy atom. The molecule has 2 aromatic carbocycles. The number of Topliss-reactive ketones (excluding diaryl/α,β-unsaturated/α-hetero) is 2. The first-order chi connectivity index (χ1) is 12.9. The van der Waals surface area contributed by atoms with Gasteiger partial charge in [0.15, 0.2) is 18.2 Å². The highest BCUT2D eigenvalue weighted by molar-refractivity contribution is 6.36. The molecule has 0 bridgehead atoms. The van der Waals surface area contributed by atoms with Gasteiger partial charge in [-0.1, -0.05) is 35.9 Å². The number of benzene rings is 2. The molecule has 27 heavy (non-hydrogen) atoms. The molecule has 0 spiro atoms. The quantitative estimate of drug-likeness (QED) is 0.487. The number of halogens is 1. The van der Waals surface area contributed by atoms with Crippen molar-refractivity contribution >= 4 is 34.8 Å². The Bertz CT molecular complexity index is 933. The second kappa shape index (κ2) is 7.72. The van der Waals surface area contributed by atoms with E-state index in [4.69, 9.17) is 16.3 Å². The average Bonchev–Trinajstić information content (AvgIpc) is 2.90. The van der Waals surface area contributed by atoms with Gasteiger partial charge in [0.1, 0.15) is 11.7 Å². The van der Waals surface area contributed by atoms with Gasteiger partial charge in [0.05, 0.1) is 5.71 Å². The molecule has 138 valence electrons. The summed E-state index contributed by atoms with van der Waals surface area (Å²) in [6, 6.07) is 11.7. The lowest BCUT2D eigenvalue weighted by Crippen LogP contribution is -2.29. The minimum atomic E-state index is -0.998. The van der Waals surface area contributed by atoms with Gasteiger partial charge in [-0.15, -0.1) is 0 Å². The first-order valence-corrected chi connectivity index (χ1v) is 8.65. The zero-order valence-electron chi connectivity index (χ0n) is 14.8. The van der Waals surface area contributed by atoms with E-state index in [1.807, 2.05) is 6.92 Å². The summed E-state index contributed by atoms with van der Waals surface area (Å²) in [5, 5.41) is 4.49. The minimum Gasteiger partial charge on any atom is -0.483 e. The molecule has 2 aromatic rings. The van der Waals surface area contributed by atoms with Crippen molar-refractivity contribution in [2.24, 2.45) is 11.0 Å². The maximum atomic E-state index is 12.4. The second-order valence-electron chi connectivity index (χ2n) is 6.19. The fourth-order valence-electron chi connectivity index (χ4n) is 2.89. The second-order valence-corrected chi connectivity index (χ2v) is 6.63. The number of nitrogens with zero attached hydrogens (tertiary/aromatic N) is 1. The largest absolute Gasteiger partial charge is 0.483 e. The summed E-state index contributed by atoms with van der Waals surface area (Å²) in [7, 11) is 0. The van der Waals surface area contributed by atoms with Crippen LogP contribution in [0.15, 0.2) is 47.6 Å². The van der Waals surface area contributed by atoms with E-state index in [1.54, 1.807) is 42.5 Å². The SMILES string of the molecule is C/C(=N\NC(=O)COc1ccc(Cl)cc1C)C1C(=O)c2ccccc2C1=O. The Kier molecular flexibility index (Phi) is 5.37. The highest BCUT2D eigenvalue weighted by Gasteiger charge is 2.40. The molecule has 7 heteroatoms. The van der Waals surface area contributed by atoms with Gasteiger partial charge in [-0.05, 0) is 37.6 Å². The van der Waals surface area contributed by atoms with Crippen molar-refractivity contribution in [2.45, 2.75) is 13.8 Å². The average molecular weight is 385 g/mol. The van der Waals surface area contributed by atoms with E-state index in [-0.39, 0.29) is 23.9 Å². The van der Waals surface area contributed by atoms with Crippen molar-refractivity contribution in [3.8, 4) is 5.75 Å². The third-order valence-corrected chi connectivity index (χ3v) is 4.49. The van der Waals surface area contributed by atoms with Crippen molar-refractivity contribution in [3.05, 3.63) is 64.2 Å². The summed E-state index contributed by atoms with van der Waals surface area (Å²) in [6.45, 7) is 3.10. The third-order valence-electron chi connectivity index (χ3n) is 4.25. The zero-order valence-corrected chi connectivity index (χ0v) is 15.5. The van der Waals surface area contributed by atoms with Gasteiger partial charge in [0.2, 0.25) is 0 Å². The van der Waals surface area contributed by atoms with E-state index in [2.05, 4.69) is 10.5 Å². The zero-order chi connectivity index (χ0) is 19.6. The number of hydrogen-bond acceptors (Lipinski definition) is 5. The van der Waals surface area contributed by atoms with Crippen LogP contribution in [0, 0.1) is 12.8 Å². The molecule has 0 fully saturated rings. The molecule has 1 aliphatic rings. The van der Waals surface area contributed by atoms with E-state index in [1.165, 1.54) is 6.92 Å². The number of carbonyl (C=O) groups excluding carboxylic acids is 3. The predicted octanol–water partition coefficient (Wildman–Crippen LogP) is 3.21. The summed E-state index contributed by atoms with van der Waals surface area (Å²) >= 11 is 5.88. The van der Waals surface area contributed by atoms with Gasteiger partial charge in [-0.3, -0.25) is 14.4 Å². The topological polar surface area (TPSA) is 84.8 Å². The summed E-state index contributed by atoms with van der Waals surface area (Å²) in [5.41, 5.74) is 4.12. The Morgan fingerprint density at radius 3 is 2.37 bits per heavy atom. The molecular weight excluding hydrogens is 368 g/mol. The molecular formula is C20H17ClN2O4. The van der Waals surface area contributed by atoms with Gasteiger partial charge in [-0.25, -0.2) is 5.43 Å². The van der Waals surface area contributed by atoms with Crippen LogP contribution in [0.1, 0.15) is 33.2 Å². The highest BCUT2D eigenvalue weighted by atomic mass is 35.5. The van der Waals surface area contributed by atoms with Crippen molar-refractivity contribution in [3.63, 3.8) is 0 Å². The summed E-state index contributed by atoms with van der Waals surface area (Å²) in [4.78, 5) is 36.8. The molecule has 3 rings (SSSR count). The number of nitrogens with one attached hydrogen (secondary N) is 1. The normalized spacial score (nSPS) is 14.3. The molecule has 0 unspecified atom stereocenters. The van der Waals surface area contributed by atoms with Crippen LogP contribution in [0.3, 0.4) is 0 Å². The van der Waals surface area contributed by atoms with Crippen molar-refractivity contribution < 1.29 is 19.1 Å². The lowest BCUT2D eigenvalue weighted by atomic mass is 9.99. The molecule has 0 saturated heterocycles. The number of aryl methyl sites for hydroxylation is 1. The van der Waals surface area contributed by atoms with Crippen LogP contribution in [0.2, 0.25) is 5.02 Å². The Hall–Kier alpha value is -2.99. The van der Waals surface area contributed by atoms with Crippen LogP contribution in [0.4, 0.5) is 0 Å². The van der Waals surface area contributed by atoms with Crippen LogP contribution in [0.25, 0.3) is 0 Å². The summed E-state index contributed by atoms with van der Waals surface area (Å²) in [5.74, 6) is -1.58. The molecule has 1 aliphatic carbocycles. The predicted molar refractivity (Wildman–Crippen MR) is 102 cm³/mol. The van der Waals surface area contributed by atoms with E-state index in [0.29, 0.717) is 21.9 Å². The van der Waals surface area contributed by atoms with Gasteiger partial charge >= 0.3 is 0 Å². The van der Waals surface area contributed by atoms with Gasteiger partial charge in [-0.2, -0.15) is 5.10 Å². The maximum absolute atomic E-state index is 12.4. The Labute approximate surface area is 161 Å². The number of rotatable bonds is 5. The van der Waals surface area contributed by atoms with Crippen LogP contribution in [-0.2, 0) is 4.79 Å².